The smallest absolute Gasteiger partial charge is 0.352 e. The third-order valence-corrected chi connectivity index (χ3v) is 8.03. The van der Waals surface area contributed by atoms with Crippen molar-refractivity contribution in [2.45, 2.75) is 20.4 Å². The number of pyridine rings is 1. The van der Waals surface area contributed by atoms with Crippen LogP contribution >= 0.6 is 23.2 Å². The molecule has 0 N–H and O–H groups in total. The van der Waals surface area contributed by atoms with Crippen LogP contribution in [0.4, 0.5) is 5.82 Å². The Bertz CT molecular complexity index is 1470. The lowest BCUT2D eigenvalue weighted by atomic mass is 10.4. The van der Waals surface area contributed by atoms with Gasteiger partial charge < -0.3 is 10.1 Å². The average Bonchev–Trinajstić information content (AvgIpc) is 3.11. The summed E-state index contributed by atoms with van der Waals surface area (Å²) in [7, 11) is -5.73. The summed E-state index contributed by atoms with van der Waals surface area (Å²) in [5.41, 5.74) is -0.303. The van der Waals surface area contributed by atoms with Gasteiger partial charge in [-0.1, -0.05) is 41.4 Å². The van der Waals surface area contributed by atoms with Crippen LogP contribution < -0.4 is 0 Å². The summed E-state index contributed by atoms with van der Waals surface area (Å²) in [5.74, 6) is -1.27. The molecule has 0 fully saturated rings. The number of benzene rings is 2. The molecule has 2 aromatic carbocycles. The van der Waals surface area contributed by atoms with E-state index < -0.39 is 37.1 Å². The minimum Gasteiger partial charge on any atom is -0.358 e. The van der Waals surface area contributed by atoms with Gasteiger partial charge in [-0.25, -0.2) is 17.6 Å². The molecule has 1 atom stereocenters. The van der Waals surface area contributed by atoms with Crippen LogP contribution in [-0.4, -0.2) is 26.9 Å². The van der Waals surface area contributed by atoms with Gasteiger partial charge in [0.1, 0.15) is 16.8 Å². The Kier molecular flexibility index (Phi) is 6.04. The molecule has 0 radical (unpaired) electrons. The normalized spacial score (nSPS) is 12.7. The Morgan fingerprint density at radius 3 is 2.31 bits per heavy atom. The Balaban J connectivity index is 1.89. The van der Waals surface area contributed by atoms with Crippen molar-refractivity contribution in [2.75, 3.05) is 0 Å². The van der Waals surface area contributed by atoms with E-state index in [0.29, 0.717) is 9.92 Å². The second-order valence-corrected chi connectivity index (χ2v) is 11.0. The predicted octanol–water partition coefficient (Wildman–Crippen LogP) is 4.69. The molecule has 1 unspecified atom stereocenters. The van der Waals surface area contributed by atoms with Gasteiger partial charge in [-0.15, -0.1) is 0 Å². The van der Waals surface area contributed by atoms with E-state index in [1.807, 2.05) is 0 Å². The molecule has 0 aliphatic rings. The first kappa shape index (κ1) is 22.4. The van der Waals surface area contributed by atoms with Gasteiger partial charge in [-0.2, -0.15) is 4.40 Å². The first-order valence-electron chi connectivity index (χ1n) is 8.97. The van der Waals surface area contributed by atoms with E-state index in [9.17, 15) is 22.7 Å². The first-order valence-corrected chi connectivity index (χ1v) is 12.5. The minimum atomic E-state index is -3.92. The molecule has 0 spiro atoms. The van der Waals surface area contributed by atoms with Crippen molar-refractivity contribution < 1.29 is 17.6 Å². The molecule has 164 valence electrons. The largest absolute Gasteiger partial charge is 0.358 e. The zero-order valence-corrected chi connectivity index (χ0v) is 19.2. The van der Waals surface area contributed by atoms with E-state index in [1.54, 1.807) is 42.5 Å². The molecule has 2 heterocycles. The fraction of sp³-hybridized carbons (Fsp3) is 0.0500. The number of sulfone groups is 1. The predicted molar refractivity (Wildman–Crippen MR) is 120 cm³/mol. The van der Waals surface area contributed by atoms with Crippen LogP contribution in [-0.2, 0) is 26.4 Å². The zero-order valence-electron chi connectivity index (χ0n) is 16.0. The van der Waals surface area contributed by atoms with Crippen molar-refractivity contribution in [3.8, 4) is 0 Å². The van der Waals surface area contributed by atoms with Crippen LogP contribution in [0.5, 0.6) is 0 Å². The molecule has 4 aromatic rings. The molecule has 4 rings (SSSR count). The molecular formula is C20H13Cl2N3O5S2. The lowest BCUT2D eigenvalue weighted by Crippen LogP contribution is -2.07. The highest BCUT2D eigenvalue weighted by Crippen LogP contribution is 2.31. The summed E-state index contributed by atoms with van der Waals surface area (Å²) in [4.78, 5) is 15.8. The number of halogens is 2. The Labute approximate surface area is 195 Å². The van der Waals surface area contributed by atoms with Gasteiger partial charge in [0.15, 0.2) is 15.5 Å². The van der Waals surface area contributed by atoms with E-state index >= 15 is 0 Å². The highest BCUT2D eigenvalue weighted by atomic mass is 35.5. The average molecular weight is 510 g/mol. The van der Waals surface area contributed by atoms with Gasteiger partial charge >= 0.3 is 5.82 Å². The van der Waals surface area contributed by atoms with Crippen molar-refractivity contribution >= 4 is 55.3 Å². The van der Waals surface area contributed by atoms with Gasteiger partial charge in [0.05, 0.1) is 20.7 Å². The number of nitrogens with zero attached hydrogens (tertiary/aromatic N) is 3. The fourth-order valence-corrected chi connectivity index (χ4v) is 5.99. The topological polar surface area (TPSA) is 112 Å². The van der Waals surface area contributed by atoms with Crippen molar-refractivity contribution in [2.24, 2.45) is 0 Å². The van der Waals surface area contributed by atoms with Gasteiger partial charge in [0.25, 0.3) is 0 Å². The maximum absolute atomic E-state index is 13.2. The van der Waals surface area contributed by atoms with E-state index in [4.69, 9.17) is 23.2 Å². The lowest BCUT2D eigenvalue weighted by Gasteiger charge is -2.04. The number of hydrogen-bond donors (Lipinski definition) is 0. The highest BCUT2D eigenvalue weighted by Gasteiger charge is 2.31. The lowest BCUT2D eigenvalue weighted by molar-refractivity contribution is -0.391. The Morgan fingerprint density at radius 2 is 1.69 bits per heavy atom. The molecule has 0 saturated carbocycles. The molecule has 0 saturated heterocycles. The number of nitro groups is 1. The van der Waals surface area contributed by atoms with Crippen molar-refractivity contribution in [3.05, 3.63) is 92.7 Å². The number of fused-ring (bicyclic) bond motifs is 1. The Hall–Kier alpha value is -2.79. The van der Waals surface area contributed by atoms with Crippen LogP contribution in [0.1, 0.15) is 5.69 Å². The summed E-state index contributed by atoms with van der Waals surface area (Å²) in [5, 5.41) is 12.4. The van der Waals surface area contributed by atoms with Crippen LogP contribution in [0.2, 0.25) is 10.0 Å². The van der Waals surface area contributed by atoms with E-state index in [-0.39, 0.29) is 26.2 Å². The van der Waals surface area contributed by atoms with Crippen molar-refractivity contribution in [3.63, 3.8) is 0 Å². The Morgan fingerprint density at radius 1 is 1.03 bits per heavy atom. The molecule has 2 aromatic heterocycles. The standard InChI is InChI=1S/C20H13Cl2N3O5S2/c21-13-6-8-15(9-7-13)31(28)18-10-14(22)11-24-19(18)23-17(20(24)25(26)27)12-32(29,30)16-4-2-1-3-5-16/h1-11H,12H2. The molecular weight excluding hydrogens is 497 g/mol. The summed E-state index contributed by atoms with van der Waals surface area (Å²) in [6.45, 7) is 0. The monoisotopic (exact) mass is 509 g/mol. The van der Waals surface area contributed by atoms with Crippen molar-refractivity contribution in [1.29, 1.82) is 0 Å². The maximum Gasteiger partial charge on any atom is 0.352 e. The highest BCUT2D eigenvalue weighted by molar-refractivity contribution is 7.90. The summed E-state index contributed by atoms with van der Waals surface area (Å²) >= 11 is 12.0. The van der Waals surface area contributed by atoms with Crippen LogP contribution in [0.25, 0.3) is 5.65 Å². The number of aromatic nitrogens is 2. The SMILES string of the molecule is O=[N+]([O-])c1c(CS(=O)(=O)c2ccccc2)nc2c(S(=O)c3ccc(Cl)cc3)cc(Cl)cn12. The van der Waals surface area contributed by atoms with Crippen molar-refractivity contribution in [1.82, 2.24) is 9.38 Å². The number of imidazole rings is 1. The van der Waals surface area contributed by atoms with Gasteiger partial charge in [0, 0.05) is 9.92 Å². The quantitative estimate of drug-likeness (QED) is 0.275. The van der Waals surface area contributed by atoms with Crippen LogP contribution in [0.15, 0.2) is 81.5 Å². The van der Waals surface area contributed by atoms with E-state index in [0.717, 1.165) is 4.40 Å². The van der Waals surface area contributed by atoms with Crippen LogP contribution in [0, 0.1) is 10.1 Å². The van der Waals surface area contributed by atoms with Crippen LogP contribution in [0.3, 0.4) is 0 Å². The number of hydrogen-bond acceptors (Lipinski definition) is 6. The molecule has 0 aliphatic carbocycles. The number of rotatable bonds is 6. The molecule has 0 bridgehead atoms. The summed E-state index contributed by atoms with van der Waals surface area (Å²) < 4.78 is 39.9. The first-order chi connectivity index (χ1) is 15.2. The second-order valence-electron chi connectivity index (χ2n) is 6.65. The minimum absolute atomic E-state index is 0.00866. The molecule has 0 aliphatic heterocycles. The zero-order chi connectivity index (χ0) is 23.0. The molecule has 0 amide bonds. The third-order valence-electron chi connectivity index (χ3n) is 4.53. The molecule has 12 heteroatoms. The van der Waals surface area contributed by atoms with Gasteiger partial charge in [0.2, 0.25) is 5.65 Å². The third kappa shape index (κ3) is 4.26. The maximum atomic E-state index is 13.2. The second kappa shape index (κ2) is 8.62. The van der Waals surface area contributed by atoms with Gasteiger partial charge in [-0.05, 0) is 47.4 Å². The van der Waals surface area contributed by atoms with E-state index in [2.05, 4.69) is 4.98 Å². The van der Waals surface area contributed by atoms with Gasteiger partial charge in [-0.3, -0.25) is 0 Å². The molecule has 8 nitrogen and oxygen atoms in total. The summed E-state index contributed by atoms with van der Waals surface area (Å²) in [6.07, 6.45) is 1.24. The summed E-state index contributed by atoms with van der Waals surface area (Å²) in [6, 6.07) is 15.2. The van der Waals surface area contributed by atoms with E-state index in [1.165, 1.54) is 24.4 Å². The molecule has 32 heavy (non-hydrogen) atoms. The fourth-order valence-electron chi connectivity index (χ4n) is 3.12.